The average Bonchev–Trinajstić information content (AvgIpc) is 3.39. The van der Waals surface area contributed by atoms with Gasteiger partial charge in [0.2, 0.25) is 5.91 Å². The second-order valence-electron chi connectivity index (χ2n) is 8.26. The zero-order chi connectivity index (χ0) is 20.2. The number of aromatic nitrogens is 4. The highest BCUT2D eigenvalue weighted by Crippen LogP contribution is 2.63. The molecule has 1 N–H and O–H groups in total. The molecule has 2 bridgehead atoms. The molecule has 3 fully saturated rings. The summed E-state index contributed by atoms with van der Waals surface area (Å²) in [5.41, 5.74) is 3.33. The van der Waals surface area contributed by atoms with Gasteiger partial charge in [0.05, 0.1) is 24.0 Å². The Morgan fingerprint density at radius 1 is 1.28 bits per heavy atom. The summed E-state index contributed by atoms with van der Waals surface area (Å²) in [5.74, 6) is 0.371. The fourth-order valence-electron chi connectivity index (χ4n) is 5.12. The molecule has 6 nitrogen and oxygen atoms in total. The van der Waals surface area contributed by atoms with Gasteiger partial charge in [0.15, 0.2) is 11.6 Å². The van der Waals surface area contributed by atoms with E-state index in [9.17, 15) is 9.18 Å². The maximum atomic E-state index is 13.2. The average molecular weight is 391 g/mol. The van der Waals surface area contributed by atoms with E-state index in [1.807, 2.05) is 44.4 Å². The molecule has 1 aromatic carbocycles. The molecule has 6 rings (SSSR count). The van der Waals surface area contributed by atoms with Crippen LogP contribution in [-0.2, 0) is 17.3 Å². The van der Waals surface area contributed by atoms with Crippen molar-refractivity contribution in [1.82, 2.24) is 19.7 Å². The fourth-order valence-corrected chi connectivity index (χ4v) is 5.12. The van der Waals surface area contributed by atoms with Crippen LogP contribution in [0, 0.1) is 24.6 Å². The zero-order valence-electron chi connectivity index (χ0n) is 16.4. The number of hydrogen-bond acceptors (Lipinski definition) is 4. The first-order valence-corrected chi connectivity index (χ1v) is 9.86. The lowest BCUT2D eigenvalue weighted by molar-refractivity contribution is -0.127. The molecular weight excluding hydrogens is 369 g/mol. The number of aryl methyl sites for hydroxylation is 2. The number of rotatable bonds is 4. The number of halogens is 1. The third-order valence-electron chi connectivity index (χ3n) is 6.53. The minimum Gasteiger partial charge on any atom is -0.326 e. The van der Waals surface area contributed by atoms with Crippen LogP contribution in [0.25, 0.3) is 11.4 Å². The predicted octanol–water partition coefficient (Wildman–Crippen LogP) is 3.63. The van der Waals surface area contributed by atoms with Gasteiger partial charge in [0.25, 0.3) is 0 Å². The van der Waals surface area contributed by atoms with E-state index in [0.29, 0.717) is 17.4 Å². The van der Waals surface area contributed by atoms with E-state index in [2.05, 4.69) is 20.4 Å². The quantitative estimate of drug-likeness (QED) is 0.737. The summed E-state index contributed by atoms with van der Waals surface area (Å²) >= 11 is 0. The number of hydrogen-bond donors (Lipinski definition) is 1. The van der Waals surface area contributed by atoms with E-state index >= 15 is 0 Å². The van der Waals surface area contributed by atoms with Gasteiger partial charge in [0.1, 0.15) is 0 Å². The van der Waals surface area contributed by atoms with Gasteiger partial charge in [-0.1, -0.05) is 6.07 Å². The van der Waals surface area contributed by atoms with Crippen LogP contribution in [0.1, 0.15) is 30.5 Å². The number of benzene rings is 1. The molecule has 29 heavy (non-hydrogen) atoms. The summed E-state index contributed by atoms with van der Waals surface area (Å²) in [6, 6.07) is 7.70. The first-order valence-electron chi connectivity index (χ1n) is 9.86. The molecule has 0 spiro atoms. The molecule has 0 saturated heterocycles. The summed E-state index contributed by atoms with van der Waals surface area (Å²) in [7, 11) is 1.91. The van der Waals surface area contributed by atoms with Gasteiger partial charge in [-0.15, -0.1) is 0 Å². The van der Waals surface area contributed by atoms with Gasteiger partial charge >= 0.3 is 0 Å². The molecular formula is C22H22FN5O. The van der Waals surface area contributed by atoms with Crippen molar-refractivity contribution < 1.29 is 9.18 Å². The number of nitrogens with zero attached hydrogens (tertiary/aromatic N) is 4. The molecule has 3 aromatic rings. The number of anilines is 1. The van der Waals surface area contributed by atoms with Gasteiger partial charge in [0, 0.05) is 29.9 Å². The van der Waals surface area contributed by atoms with Crippen molar-refractivity contribution in [3.05, 3.63) is 59.9 Å². The van der Waals surface area contributed by atoms with Gasteiger partial charge < -0.3 is 5.32 Å². The van der Waals surface area contributed by atoms with Crippen molar-refractivity contribution in [2.45, 2.75) is 31.6 Å². The molecule has 7 heteroatoms. The van der Waals surface area contributed by atoms with E-state index in [-0.39, 0.29) is 17.2 Å². The lowest BCUT2D eigenvalue weighted by atomic mass is 9.58. The van der Waals surface area contributed by atoms with E-state index < -0.39 is 5.82 Å². The molecule has 3 atom stereocenters. The summed E-state index contributed by atoms with van der Waals surface area (Å²) in [5, 5.41) is 7.70. The van der Waals surface area contributed by atoms with E-state index in [1.54, 1.807) is 4.68 Å². The van der Waals surface area contributed by atoms with Crippen LogP contribution in [0.4, 0.5) is 10.1 Å². The molecule has 0 aliphatic heterocycles. The standard InChI is InChI=1S/C22H22FN5O/c1-13-3-4-16(9-17(13)20-24-11-15(23)12-25-20)26-21(29)19-14-5-7-22(19,10-14)18-6-8-28(2)27-18/h3-4,6,8-9,11-12,14,19H,5,7,10H2,1-2H3,(H,26,29)/t14?,19-,22+/m1/s1. The molecule has 1 amide bonds. The highest BCUT2D eigenvalue weighted by Gasteiger charge is 2.63. The molecule has 3 aliphatic rings. The third kappa shape index (κ3) is 2.84. The molecule has 1 unspecified atom stereocenters. The van der Waals surface area contributed by atoms with E-state index in [4.69, 9.17) is 0 Å². The van der Waals surface area contributed by atoms with Crippen LogP contribution >= 0.6 is 0 Å². The second kappa shape index (κ2) is 6.47. The van der Waals surface area contributed by atoms with E-state index in [1.165, 1.54) is 0 Å². The maximum absolute atomic E-state index is 13.2. The van der Waals surface area contributed by atoms with Crippen molar-refractivity contribution in [1.29, 1.82) is 0 Å². The van der Waals surface area contributed by atoms with Crippen LogP contribution < -0.4 is 5.32 Å². The van der Waals surface area contributed by atoms with Gasteiger partial charge in [-0.25, -0.2) is 14.4 Å². The van der Waals surface area contributed by atoms with Crippen LogP contribution in [0.5, 0.6) is 0 Å². The molecule has 0 radical (unpaired) electrons. The largest absolute Gasteiger partial charge is 0.326 e. The van der Waals surface area contributed by atoms with Gasteiger partial charge in [-0.05, 0) is 55.9 Å². The van der Waals surface area contributed by atoms with Crippen molar-refractivity contribution in [2.75, 3.05) is 5.32 Å². The zero-order valence-corrected chi connectivity index (χ0v) is 16.4. The summed E-state index contributed by atoms with van der Waals surface area (Å²) in [6.45, 7) is 1.94. The van der Waals surface area contributed by atoms with Gasteiger partial charge in [-0.3, -0.25) is 9.48 Å². The lowest BCUT2D eigenvalue weighted by Crippen LogP contribution is -2.50. The van der Waals surface area contributed by atoms with Crippen LogP contribution in [-0.4, -0.2) is 25.7 Å². The van der Waals surface area contributed by atoms with Crippen LogP contribution in [0.3, 0.4) is 0 Å². The Balaban J connectivity index is 1.40. The highest BCUT2D eigenvalue weighted by atomic mass is 19.1. The monoisotopic (exact) mass is 391 g/mol. The normalized spacial score (nSPS) is 24.9. The number of amides is 1. The second-order valence-corrected chi connectivity index (χ2v) is 8.26. The first kappa shape index (κ1) is 18.0. The van der Waals surface area contributed by atoms with Crippen molar-refractivity contribution in [3.63, 3.8) is 0 Å². The summed E-state index contributed by atoms with van der Waals surface area (Å²) in [4.78, 5) is 21.3. The van der Waals surface area contributed by atoms with Crippen molar-refractivity contribution in [2.24, 2.45) is 18.9 Å². The predicted molar refractivity (Wildman–Crippen MR) is 107 cm³/mol. The number of carbonyl (C=O) groups is 1. The lowest BCUT2D eigenvalue weighted by Gasteiger charge is -2.45. The number of fused-ring (bicyclic) bond motifs is 1. The number of carbonyl (C=O) groups excluding carboxylic acids is 1. The molecule has 2 aromatic heterocycles. The summed E-state index contributed by atoms with van der Waals surface area (Å²) in [6.07, 6.45) is 7.35. The van der Waals surface area contributed by atoms with E-state index in [0.717, 1.165) is 48.5 Å². The Labute approximate surface area is 168 Å². The van der Waals surface area contributed by atoms with Crippen molar-refractivity contribution >= 4 is 11.6 Å². The smallest absolute Gasteiger partial charge is 0.228 e. The summed E-state index contributed by atoms with van der Waals surface area (Å²) < 4.78 is 15.0. The Morgan fingerprint density at radius 3 is 2.76 bits per heavy atom. The fraction of sp³-hybridized carbons (Fsp3) is 0.364. The van der Waals surface area contributed by atoms with Gasteiger partial charge in [-0.2, -0.15) is 5.10 Å². The molecule has 148 valence electrons. The molecule has 3 saturated carbocycles. The molecule has 3 aliphatic carbocycles. The minimum atomic E-state index is -0.476. The maximum Gasteiger partial charge on any atom is 0.228 e. The SMILES string of the molecule is Cc1ccc(NC(=O)[C@H]2C3CC[C@@]2(c2ccn(C)n2)C3)cc1-c1ncc(F)cn1. The minimum absolute atomic E-state index is 0.0410. The Bertz CT molecular complexity index is 1090. The Hall–Kier alpha value is -3.09. The molecule has 2 heterocycles. The van der Waals surface area contributed by atoms with Crippen LogP contribution in [0.2, 0.25) is 0 Å². The Morgan fingerprint density at radius 2 is 2.07 bits per heavy atom. The highest BCUT2D eigenvalue weighted by molar-refractivity contribution is 5.95. The first-order chi connectivity index (χ1) is 14.0. The van der Waals surface area contributed by atoms with Crippen molar-refractivity contribution in [3.8, 4) is 11.4 Å². The van der Waals surface area contributed by atoms with Crippen LogP contribution in [0.15, 0.2) is 42.9 Å². The Kier molecular flexibility index (Phi) is 4.01. The topological polar surface area (TPSA) is 72.7 Å². The third-order valence-corrected chi connectivity index (χ3v) is 6.53. The number of nitrogens with one attached hydrogen (secondary N) is 1.